The van der Waals surface area contributed by atoms with E-state index >= 15 is 0 Å². The first kappa shape index (κ1) is 25.0. The normalized spacial score (nSPS) is 23.0. The molecule has 2 aliphatic rings. The van der Waals surface area contributed by atoms with Gasteiger partial charge in [0.1, 0.15) is 15.7 Å². The van der Waals surface area contributed by atoms with E-state index in [-0.39, 0.29) is 29.1 Å². The fourth-order valence-corrected chi connectivity index (χ4v) is 4.15. The highest BCUT2D eigenvalue weighted by Gasteiger charge is 2.49. The quantitative estimate of drug-likeness (QED) is 0.486. The van der Waals surface area contributed by atoms with Crippen LogP contribution in [0.5, 0.6) is 0 Å². The van der Waals surface area contributed by atoms with Crippen molar-refractivity contribution in [2.75, 3.05) is 0 Å². The van der Waals surface area contributed by atoms with Crippen molar-refractivity contribution in [1.29, 1.82) is 0 Å². The van der Waals surface area contributed by atoms with Crippen LogP contribution in [0.25, 0.3) is 0 Å². The maximum atomic E-state index is 14.6. The Morgan fingerprint density at radius 2 is 1.86 bits per heavy atom. The van der Waals surface area contributed by atoms with E-state index in [2.05, 4.69) is 10.6 Å². The topological polar surface area (TPSA) is 95.6 Å². The first-order valence-electron chi connectivity index (χ1n) is 10.4. The van der Waals surface area contributed by atoms with E-state index in [0.29, 0.717) is 5.56 Å². The van der Waals surface area contributed by atoms with Gasteiger partial charge in [-0.05, 0) is 35.7 Å². The zero-order valence-corrected chi connectivity index (χ0v) is 18.8. The van der Waals surface area contributed by atoms with Crippen LogP contribution in [0.1, 0.15) is 39.4 Å². The molecule has 2 unspecified atom stereocenters. The van der Waals surface area contributed by atoms with E-state index < -0.39 is 52.3 Å². The average molecular weight is 491 g/mol. The Labute approximate surface area is 208 Å². The van der Waals surface area contributed by atoms with Gasteiger partial charge in [0.2, 0.25) is 11.8 Å². The number of hydrogen-bond acceptors (Lipinski definition) is 4. The van der Waals surface area contributed by atoms with E-state index in [9.17, 15) is 28.0 Å². The summed E-state index contributed by atoms with van der Waals surface area (Å²) in [6.07, 6.45) is -0.278. The number of nitrogens with zero attached hydrogens (tertiary/aromatic N) is 1. The number of carbonyl (C=O) groups excluding carboxylic acids is 4. The Kier molecular flexibility index (Phi) is 6.29. The summed E-state index contributed by atoms with van der Waals surface area (Å²) in [6, 6.07) is 8.78. The van der Waals surface area contributed by atoms with Gasteiger partial charge in [-0.3, -0.25) is 24.5 Å². The van der Waals surface area contributed by atoms with E-state index in [1.54, 1.807) is 0 Å². The van der Waals surface area contributed by atoms with Gasteiger partial charge in [-0.15, -0.1) is 0 Å². The van der Waals surface area contributed by atoms with Crippen molar-refractivity contribution < 1.29 is 28.0 Å². The van der Waals surface area contributed by atoms with Crippen LogP contribution in [0.15, 0.2) is 42.5 Å². The molecule has 4 rings (SSSR count). The van der Waals surface area contributed by atoms with Gasteiger partial charge in [0.25, 0.3) is 11.8 Å². The van der Waals surface area contributed by atoms with Crippen molar-refractivity contribution in [3.63, 3.8) is 0 Å². The third-order valence-corrected chi connectivity index (χ3v) is 6.30. The van der Waals surface area contributed by atoms with Gasteiger partial charge in [0, 0.05) is 34.5 Å². The van der Waals surface area contributed by atoms with Crippen LogP contribution in [0.2, 0.25) is 10.8 Å². The number of benzene rings is 2. The molecule has 0 saturated carbocycles. The van der Waals surface area contributed by atoms with Crippen LogP contribution in [0.3, 0.4) is 0 Å². The summed E-state index contributed by atoms with van der Waals surface area (Å²) in [6.45, 7) is -0.117. The van der Waals surface area contributed by atoms with Crippen molar-refractivity contribution >= 4 is 58.8 Å². The molecule has 2 aromatic rings. The van der Waals surface area contributed by atoms with E-state index in [1.807, 2.05) is 0 Å². The molecule has 2 aliphatic heterocycles. The molecule has 2 heterocycles. The molecular formula is C22H15B3ClF2N3O4. The zero-order chi connectivity index (χ0) is 25.7. The minimum Gasteiger partial charge on any atom is -0.352 e. The monoisotopic (exact) mass is 491 g/mol. The Morgan fingerprint density at radius 1 is 1.20 bits per heavy atom. The van der Waals surface area contributed by atoms with Gasteiger partial charge in [-0.1, -0.05) is 35.9 Å². The number of carbonyl (C=O) groups is 4. The lowest BCUT2D eigenvalue weighted by Gasteiger charge is -2.42. The van der Waals surface area contributed by atoms with Gasteiger partial charge in [0.05, 0.1) is 13.3 Å². The molecule has 7 nitrogen and oxygen atoms in total. The number of alkyl halides is 2. The molecule has 2 N–H and O–H groups in total. The molecule has 0 aliphatic carbocycles. The summed E-state index contributed by atoms with van der Waals surface area (Å²) in [5.74, 6) is -10.0. The lowest BCUT2D eigenvalue weighted by Crippen LogP contribution is -2.64. The zero-order valence-electron chi connectivity index (χ0n) is 18.1. The first-order chi connectivity index (χ1) is 16.3. The van der Waals surface area contributed by atoms with Crippen LogP contribution < -0.4 is 10.6 Å². The number of nitrogens with one attached hydrogen (secondary N) is 2. The molecule has 0 bridgehead atoms. The predicted molar refractivity (Wildman–Crippen MR) is 124 cm³/mol. The van der Waals surface area contributed by atoms with E-state index in [1.165, 1.54) is 30.3 Å². The second-order valence-corrected chi connectivity index (χ2v) is 8.83. The second kappa shape index (κ2) is 8.82. The molecule has 13 heteroatoms. The second-order valence-electron chi connectivity index (χ2n) is 8.39. The summed E-state index contributed by atoms with van der Waals surface area (Å²) >= 11 is 5.71. The molecule has 6 radical (unpaired) electrons. The molecule has 2 aromatic carbocycles. The van der Waals surface area contributed by atoms with Crippen molar-refractivity contribution in [1.82, 2.24) is 15.5 Å². The largest absolute Gasteiger partial charge is 0.352 e. The maximum absolute atomic E-state index is 14.6. The number of halogens is 3. The highest BCUT2D eigenvalue weighted by molar-refractivity contribution is 6.36. The highest BCUT2D eigenvalue weighted by Crippen LogP contribution is 2.36. The average Bonchev–Trinajstić information content (AvgIpc) is 3.14. The lowest BCUT2D eigenvalue weighted by molar-refractivity contribution is -0.147. The fraction of sp³-hybridized carbons (Fsp3) is 0.273. The van der Waals surface area contributed by atoms with Gasteiger partial charge in [0.15, 0.2) is 0 Å². The summed E-state index contributed by atoms with van der Waals surface area (Å²) in [5, 5.41) is 4.36. The molecule has 1 saturated heterocycles. The third-order valence-electron chi connectivity index (χ3n) is 6.05. The molecular weight excluding hydrogens is 476 g/mol. The standard InChI is InChI=1S/C22H15B3ClF2N3O4/c23-15-8-21(25,19(34)30-17(15)32)31-9-11-7-10(1-6-14(11)18(31)33)16(24)29-20(35)22(27,28)12-2-4-13(26)5-3-12/h1-7,15-16H,8-9H2,(H,29,35)(H,30,32,34)/t15?,16?,21-/m0/s1. The number of imide groups is 1. The Balaban J connectivity index is 1.52. The molecule has 3 atom stereocenters. The summed E-state index contributed by atoms with van der Waals surface area (Å²) in [7, 11) is 17.9. The summed E-state index contributed by atoms with van der Waals surface area (Å²) < 4.78 is 29.2. The molecule has 0 spiro atoms. The minimum atomic E-state index is -3.87. The Hall–Kier alpha value is -3.14. The van der Waals surface area contributed by atoms with E-state index in [0.717, 1.165) is 17.0 Å². The lowest BCUT2D eigenvalue weighted by atomic mass is 9.62. The molecule has 172 valence electrons. The summed E-state index contributed by atoms with van der Waals surface area (Å²) in [4.78, 5) is 50.4. The van der Waals surface area contributed by atoms with E-state index in [4.69, 9.17) is 35.1 Å². The van der Waals surface area contributed by atoms with Crippen LogP contribution >= 0.6 is 11.6 Å². The number of amides is 4. The van der Waals surface area contributed by atoms with Crippen molar-refractivity contribution in [2.24, 2.45) is 0 Å². The van der Waals surface area contributed by atoms with Gasteiger partial charge < -0.3 is 10.2 Å². The third kappa shape index (κ3) is 4.35. The predicted octanol–water partition coefficient (Wildman–Crippen LogP) is 1.24. The SMILES string of the molecule is [B]C1C[C@]([B])(N2Cc3cc(C([B])NC(=O)C(F)(F)c4ccc(Cl)cc4)ccc3C2=O)C(=O)NC1=O. The Bertz CT molecular complexity index is 1250. The van der Waals surface area contributed by atoms with Crippen molar-refractivity contribution in [2.45, 2.75) is 36.1 Å². The van der Waals surface area contributed by atoms with Gasteiger partial charge >= 0.3 is 5.92 Å². The molecule has 1 fully saturated rings. The molecule has 0 aromatic heterocycles. The van der Waals surface area contributed by atoms with Crippen LogP contribution in [0, 0.1) is 0 Å². The van der Waals surface area contributed by atoms with Gasteiger partial charge in [-0.2, -0.15) is 8.78 Å². The maximum Gasteiger partial charge on any atom is 0.349 e. The Morgan fingerprint density at radius 3 is 2.51 bits per heavy atom. The van der Waals surface area contributed by atoms with Crippen LogP contribution in [-0.4, -0.2) is 57.5 Å². The molecule has 35 heavy (non-hydrogen) atoms. The fourth-order valence-electron chi connectivity index (χ4n) is 4.03. The van der Waals surface area contributed by atoms with Crippen molar-refractivity contribution in [3.8, 4) is 0 Å². The van der Waals surface area contributed by atoms with Gasteiger partial charge in [-0.25, -0.2) is 0 Å². The van der Waals surface area contributed by atoms with Crippen LogP contribution in [0.4, 0.5) is 8.78 Å². The molecule has 4 amide bonds. The number of hydrogen-bond donors (Lipinski definition) is 2. The summed E-state index contributed by atoms with van der Waals surface area (Å²) in [5.41, 5.74) is -1.56. The number of fused-ring (bicyclic) bond motifs is 1. The van der Waals surface area contributed by atoms with Crippen LogP contribution in [-0.2, 0) is 26.9 Å². The van der Waals surface area contributed by atoms with Crippen molar-refractivity contribution in [3.05, 3.63) is 69.7 Å². The smallest absolute Gasteiger partial charge is 0.349 e. The number of rotatable bonds is 5. The highest BCUT2D eigenvalue weighted by atomic mass is 35.5. The minimum absolute atomic E-state index is 0.117. The first-order valence-corrected chi connectivity index (χ1v) is 10.8. The number of piperidine rings is 1.